The van der Waals surface area contributed by atoms with Crippen molar-refractivity contribution in [2.45, 2.75) is 13.5 Å². The van der Waals surface area contributed by atoms with E-state index in [1.165, 1.54) is 13.0 Å². The topological polar surface area (TPSA) is 66.5 Å². The van der Waals surface area contributed by atoms with Crippen molar-refractivity contribution in [1.29, 1.82) is 0 Å². The van der Waals surface area contributed by atoms with Gasteiger partial charge < -0.3 is 5.32 Å². The number of benzene rings is 1. The van der Waals surface area contributed by atoms with Crippen molar-refractivity contribution in [1.82, 2.24) is 4.90 Å². The predicted molar refractivity (Wildman–Crippen MR) is 73.3 cm³/mol. The average molecular weight is 323 g/mol. The highest BCUT2D eigenvalue weighted by atomic mass is 79.9. The molecule has 1 aromatic rings. The molecule has 5 nitrogen and oxygen atoms in total. The van der Waals surface area contributed by atoms with Crippen molar-refractivity contribution in [2.75, 3.05) is 5.32 Å². The Morgan fingerprint density at radius 3 is 2.37 bits per heavy atom. The first-order valence-corrected chi connectivity index (χ1v) is 6.36. The monoisotopic (exact) mass is 322 g/mol. The number of carbonyl (C=O) groups excluding carboxylic acids is 3. The number of halogens is 1. The maximum Gasteiger partial charge on any atom is 0.268 e. The standard InChI is InChI=1S/C13H11BrN2O3/c1-8(17)15-10-4-2-9(3-5-10)7-16-12(18)6-11(14)13(16)19/h2-6H,7H2,1H3,(H,15,17). The Balaban J connectivity index is 2.06. The lowest BCUT2D eigenvalue weighted by atomic mass is 10.2. The van der Waals surface area contributed by atoms with E-state index in [4.69, 9.17) is 0 Å². The Bertz CT molecular complexity index is 578. The molecule has 98 valence electrons. The summed E-state index contributed by atoms with van der Waals surface area (Å²) < 4.78 is 0.271. The van der Waals surface area contributed by atoms with Crippen molar-refractivity contribution in [3.63, 3.8) is 0 Å². The SMILES string of the molecule is CC(=O)Nc1ccc(CN2C(=O)C=C(Br)C2=O)cc1. The van der Waals surface area contributed by atoms with E-state index in [0.29, 0.717) is 5.69 Å². The van der Waals surface area contributed by atoms with Crippen molar-refractivity contribution in [3.8, 4) is 0 Å². The molecule has 0 aliphatic carbocycles. The van der Waals surface area contributed by atoms with Crippen LogP contribution >= 0.6 is 15.9 Å². The van der Waals surface area contributed by atoms with E-state index in [0.717, 1.165) is 10.5 Å². The molecule has 0 bridgehead atoms. The molecule has 1 heterocycles. The third-order valence-corrected chi connectivity index (χ3v) is 3.15. The number of anilines is 1. The number of amides is 3. The largest absolute Gasteiger partial charge is 0.326 e. The maximum absolute atomic E-state index is 11.7. The van der Waals surface area contributed by atoms with Gasteiger partial charge in [0.05, 0.1) is 11.0 Å². The lowest BCUT2D eigenvalue weighted by molar-refractivity contribution is -0.137. The van der Waals surface area contributed by atoms with Gasteiger partial charge >= 0.3 is 0 Å². The molecule has 6 heteroatoms. The molecule has 19 heavy (non-hydrogen) atoms. The zero-order valence-corrected chi connectivity index (χ0v) is 11.7. The maximum atomic E-state index is 11.7. The molecule has 1 aliphatic rings. The molecule has 0 saturated heterocycles. The van der Waals surface area contributed by atoms with Crippen LogP contribution in [0.5, 0.6) is 0 Å². The van der Waals surface area contributed by atoms with Gasteiger partial charge in [0.2, 0.25) is 5.91 Å². The summed E-state index contributed by atoms with van der Waals surface area (Å²) in [6.07, 6.45) is 1.26. The van der Waals surface area contributed by atoms with Crippen LogP contribution in [0.25, 0.3) is 0 Å². The van der Waals surface area contributed by atoms with Gasteiger partial charge in [-0.15, -0.1) is 0 Å². The number of hydrogen-bond acceptors (Lipinski definition) is 3. The number of nitrogens with zero attached hydrogens (tertiary/aromatic N) is 1. The molecule has 0 spiro atoms. The van der Waals surface area contributed by atoms with Gasteiger partial charge in [-0.3, -0.25) is 19.3 Å². The molecule has 2 rings (SSSR count). The van der Waals surface area contributed by atoms with Crippen molar-refractivity contribution in [3.05, 3.63) is 40.4 Å². The second-order valence-electron chi connectivity index (χ2n) is 4.10. The van der Waals surface area contributed by atoms with Crippen LogP contribution in [0.2, 0.25) is 0 Å². The van der Waals surface area contributed by atoms with Gasteiger partial charge in [0, 0.05) is 18.7 Å². The summed E-state index contributed by atoms with van der Waals surface area (Å²) in [5, 5.41) is 2.65. The quantitative estimate of drug-likeness (QED) is 0.863. The summed E-state index contributed by atoms with van der Waals surface area (Å²) in [5.41, 5.74) is 1.49. The normalized spacial score (nSPS) is 14.6. The van der Waals surface area contributed by atoms with Gasteiger partial charge in [0.15, 0.2) is 0 Å². The van der Waals surface area contributed by atoms with Gasteiger partial charge in [-0.05, 0) is 33.6 Å². The van der Waals surface area contributed by atoms with Crippen molar-refractivity contribution >= 4 is 39.3 Å². The van der Waals surface area contributed by atoms with E-state index in [2.05, 4.69) is 21.2 Å². The Labute approximate surface area is 118 Å². The first kappa shape index (κ1) is 13.5. The molecule has 0 atom stereocenters. The van der Waals surface area contributed by atoms with Gasteiger partial charge in [-0.1, -0.05) is 12.1 Å². The fourth-order valence-electron chi connectivity index (χ4n) is 1.71. The summed E-state index contributed by atoms with van der Waals surface area (Å²) in [6, 6.07) is 6.98. The number of hydrogen-bond donors (Lipinski definition) is 1. The Morgan fingerprint density at radius 2 is 1.89 bits per heavy atom. The summed E-state index contributed by atoms with van der Waals surface area (Å²) in [7, 11) is 0. The van der Waals surface area contributed by atoms with Crippen LogP contribution in [0, 0.1) is 0 Å². The molecule has 3 amide bonds. The zero-order valence-electron chi connectivity index (χ0n) is 10.1. The number of carbonyl (C=O) groups is 3. The van der Waals surface area contributed by atoms with E-state index < -0.39 is 0 Å². The fourth-order valence-corrected chi connectivity index (χ4v) is 2.12. The Hall–Kier alpha value is -1.95. The number of nitrogens with one attached hydrogen (secondary N) is 1. The molecular weight excluding hydrogens is 312 g/mol. The third kappa shape index (κ3) is 3.08. The van der Waals surface area contributed by atoms with E-state index in [-0.39, 0.29) is 28.7 Å². The summed E-state index contributed by atoms with van der Waals surface area (Å²) in [5.74, 6) is -0.815. The Morgan fingerprint density at radius 1 is 1.26 bits per heavy atom. The third-order valence-electron chi connectivity index (χ3n) is 2.58. The highest BCUT2D eigenvalue weighted by Crippen LogP contribution is 2.21. The van der Waals surface area contributed by atoms with Crippen LogP contribution in [0.15, 0.2) is 34.8 Å². The molecule has 0 radical (unpaired) electrons. The lowest BCUT2D eigenvalue weighted by Crippen LogP contribution is -2.29. The molecule has 1 aliphatic heterocycles. The van der Waals surface area contributed by atoms with E-state index in [9.17, 15) is 14.4 Å². The van der Waals surface area contributed by atoms with Gasteiger partial charge in [-0.25, -0.2) is 0 Å². The second-order valence-corrected chi connectivity index (χ2v) is 4.95. The lowest BCUT2D eigenvalue weighted by Gasteiger charge is -2.14. The fraction of sp³-hybridized carbons (Fsp3) is 0.154. The van der Waals surface area contributed by atoms with Crippen LogP contribution in [-0.4, -0.2) is 22.6 Å². The first-order chi connectivity index (χ1) is 8.97. The predicted octanol–water partition coefficient (Wildman–Crippen LogP) is 1.79. The summed E-state index contributed by atoms with van der Waals surface area (Å²) in [4.78, 5) is 35.2. The summed E-state index contributed by atoms with van der Waals surface area (Å²) in [6.45, 7) is 1.64. The second kappa shape index (κ2) is 5.36. The van der Waals surface area contributed by atoms with Crippen molar-refractivity contribution in [2.24, 2.45) is 0 Å². The number of rotatable bonds is 3. The average Bonchev–Trinajstić information content (AvgIpc) is 2.58. The van der Waals surface area contributed by atoms with Crippen LogP contribution in [0.1, 0.15) is 12.5 Å². The molecule has 0 unspecified atom stereocenters. The molecule has 0 saturated carbocycles. The zero-order chi connectivity index (χ0) is 14.0. The summed E-state index contributed by atoms with van der Waals surface area (Å²) >= 11 is 3.04. The van der Waals surface area contributed by atoms with Crippen LogP contribution in [0.4, 0.5) is 5.69 Å². The van der Waals surface area contributed by atoms with E-state index in [1.807, 2.05) is 0 Å². The first-order valence-electron chi connectivity index (χ1n) is 5.57. The Kier molecular flexibility index (Phi) is 3.80. The molecular formula is C13H11BrN2O3. The van der Waals surface area contributed by atoms with Gasteiger partial charge in [-0.2, -0.15) is 0 Å². The minimum absolute atomic E-state index is 0.147. The highest BCUT2D eigenvalue weighted by molar-refractivity contribution is 9.12. The van der Waals surface area contributed by atoms with Crippen LogP contribution in [-0.2, 0) is 20.9 Å². The van der Waals surface area contributed by atoms with Gasteiger partial charge in [0.25, 0.3) is 11.8 Å². The van der Waals surface area contributed by atoms with E-state index >= 15 is 0 Å². The highest BCUT2D eigenvalue weighted by Gasteiger charge is 2.29. The van der Waals surface area contributed by atoms with Gasteiger partial charge in [0.1, 0.15) is 0 Å². The van der Waals surface area contributed by atoms with E-state index in [1.54, 1.807) is 24.3 Å². The van der Waals surface area contributed by atoms with Crippen molar-refractivity contribution < 1.29 is 14.4 Å². The molecule has 0 fully saturated rings. The van der Waals surface area contributed by atoms with Crippen LogP contribution < -0.4 is 5.32 Å². The molecule has 0 aromatic heterocycles. The molecule has 1 aromatic carbocycles. The van der Waals surface area contributed by atoms with Crippen LogP contribution in [0.3, 0.4) is 0 Å². The molecule has 1 N–H and O–H groups in total. The minimum Gasteiger partial charge on any atom is -0.326 e. The number of imide groups is 1. The smallest absolute Gasteiger partial charge is 0.268 e. The minimum atomic E-state index is -0.337.